The van der Waals surface area contributed by atoms with Crippen molar-refractivity contribution in [3.05, 3.63) is 41.5 Å². The van der Waals surface area contributed by atoms with Crippen LogP contribution in [0, 0.1) is 6.92 Å². The van der Waals surface area contributed by atoms with E-state index in [0.717, 1.165) is 11.1 Å². The van der Waals surface area contributed by atoms with E-state index in [1.165, 1.54) is 17.1 Å². The van der Waals surface area contributed by atoms with E-state index >= 15 is 0 Å². The largest absolute Gasteiger partial charge is 0.493 e. The second kappa shape index (κ2) is 8.31. The minimum Gasteiger partial charge on any atom is -0.493 e. The van der Waals surface area contributed by atoms with Gasteiger partial charge in [0.2, 0.25) is 0 Å². The third kappa shape index (κ3) is 4.23. The van der Waals surface area contributed by atoms with Crippen molar-refractivity contribution < 1.29 is 19.1 Å². The minimum absolute atomic E-state index is 0.282. The number of nitrogens with two attached hydrogens (primary N) is 1. The standard InChI is InChI=1S/C18H22N2O4/c1-13-11-14(12-15(23-2)18(13)24-10-8-19)6-7-17(22)20-9-4-3-5-16(20)21/h3,5-7,11-12H,4,8-10,19H2,1-2H3/b7-6+. The van der Waals surface area contributed by atoms with Crippen molar-refractivity contribution in [2.45, 2.75) is 13.3 Å². The summed E-state index contributed by atoms with van der Waals surface area (Å²) >= 11 is 0. The van der Waals surface area contributed by atoms with E-state index in [2.05, 4.69) is 0 Å². The molecule has 24 heavy (non-hydrogen) atoms. The van der Waals surface area contributed by atoms with Crippen molar-refractivity contribution in [3.63, 3.8) is 0 Å². The molecule has 0 atom stereocenters. The van der Waals surface area contributed by atoms with Gasteiger partial charge in [-0.3, -0.25) is 14.5 Å². The van der Waals surface area contributed by atoms with Crippen LogP contribution in [-0.4, -0.2) is 43.5 Å². The number of hydrogen-bond donors (Lipinski definition) is 1. The van der Waals surface area contributed by atoms with Crippen molar-refractivity contribution in [2.75, 3.05) is 26.8 Å². The highest BCUT2D eigenvalue weighted by Crippen LogP contribution is 2.32. The number of nitrogens with zero attached hydrogens (tertiary/aromatic N) is 1. The number of carbonyl (C=O) groups excluding carboxylic acids is 2. The smallest absolute Gasteiger partial charge is 0.253 e. The molecule has 0 saturated carbocycles. The van der Waals surface area contributed by atoms with Crippen LogP contribution >= 0.6 is 0 Å². The van der Waals surface area contributed by atoms with E-state index < -0.39 is 0 Å². The molecule has 6 nitrogen and oxygen atoms in total. The Balaban J connectivity index is 2.17. The molecular weight excluding hydrogens is 308 g/mol. The molecule has 128 valence electrons. The Morgan fingerprint density at radius 1 is 1.42 bits per heavy atom. The van der Waals surface area contributed by atoms with Gasteiger partial charge >= 0.3 is 0 Å². The monoisotopic (exact) mass is 330 g/mol. The van der Waals surface area contributed by atoms with Crippen LogP contribution in [0.15, 0.2) is 30.4 Å². The van der Waals surface area contributed by atoms with Crippen LogP contribution in [0.4, 0.5) is 0 Å². The number of benzene rings is 1. The third-order valence-corrected chi connectivity index (χ3v) is 3.58. The Morgan fingerprint density at radius 3 is 2.88 bits per heavy atom. The fraction of sp³-hybridized carbons (Fsp3) is 0.333. The predicted molar refractivity (Wildman–Crippen MR) is 91.8 cm³/mol. The first-order valence-corrected chi connectivity index (χ1v) is 7.78. The number of carbonyl (C=O) groups is 2. The molecule has 0 saturated heterocycles. The molecule has 1 heterocycles. The van der Waals surface area contributed by atoms with Gasteiger partial charge < -0.3 is 15.2 Å². The van der Waals surface area contributed by atoms with Crippen LogP contribution in [0.5, 0.6) is 11.5 Å². The van der Waals surface area contributed by atoms with Gasteiger partial charge in [-0.2, -0.15) is 0 Å². The topological polar surface area (TPSA) is 81.9 Å². The molecule has 2 rings (SSSR count). The van der Waals surface area contributed by atoms with Gasteiger partial charge in [0.25, 0.3) is 11.8 Å². The van der Waals surface area contributed by atoms with Gasteiger partial charge in [-0.25, -0.2) is 0 Å². The van der Waals surface area contributed by atoms with Crippen LogP contribution in [-0.2, 0) is 9.59 Å². The van der Waals surface area contributed by atoms with Gasteiger partial charge in [0, 0.05) is 19.2 Å². The molecule has 0 bridgehead atoms. The highest BCUT2D eigenvalue weighted by Gasteiger charge is 2.19. The van der Waals surface area contributed by atoms with E-state index in [-0.39, 0.29) is 11.8 Å². The van der Waals surface area contributed by atoms with Crippen LogP contribution < -0.4 is 15.2 Å². The number of amides is 2. The van der Waals surface area contributed by atoms with Crippen LogP contribution in [0.2, 0.25) is 0 Å². The lowest BCUT2D eigenvalue weighted by molar-refractivity contribution is -0.139. The maximum absolute atomic E-state index is 12.1. The fourth-order valence-corrected chi connectivity index (χ4v) is 2.43. The quantitative estimate of drug-likeness (QED) is 0.802. The summed E-state index contributed by atoms with van der Waals surface area (Å²) in [6.07, 6.45) is 6.93. The minimum atomic E-state index is -0.329. The van der Waals surface area contributed by atoms with Gasteiger partial charge in [-0.15, -0.1) is 0 Å². The Bertz CT molecular complexity index is 680. The summed E-state index contributed by atoms with van der Waals surface area (Å²) in [6.45, 7) is 3.12. The molecule has 1 aliphatic rings. The molecule has 0 radical (unpaired) electrons. The number of rotatable bonds is 6. The SMILES string of the molecule is COc1cc(/C=C/C(=O)N2CCC=CC2=O)cc(C)c1OCCN. The Labute approximate surface area is 141 Å². The highest BCUT2D eigenvalue weighted by molar-refractivity contribution is 6.06. The third-order valence-electron chi connectivity index (χ3n) is 3.58. The van der Waals surface area contributed by atoms with Gasteiger partial charge in [0.1, 0.15) is 6.61 Å². The van der Waals surface area contributed by atoms with E-state index in [1.54, 1.807) is 25.3 Å². The number of ether oxygens (including phenoxy) is 2. The number of methoxy groups -OCH3 is 1. The predicted octanol–water partition coefficient (Wildman–Crippen LogP) is 1.67. The summed E-state index contributed by atoms with van der Waals surface area (Å²) in [4.78, 5) is 25.0. The molecule has 1 aromatic rings. The normalized spacial score (nSPS) is 14.3. The van der Waals surface area contributed by atoms with Gasteiger partial charge in [0.05, 0.1) is 7.11 Å². The summed E-state index contributed by atoms with van der Waals surface area (Å²) in [5.41, 5.74) is 7.13. The van der Waals surface area contributed by atoms with Crippen LogP contribution in [0.25, 0.3) is 6.08 Å². The lowest BCUT2D eigenvalue weighted by atomic mass is 10.1. The lowest BCUT2D eigenvalue weighted by Gasteiger charge is -2.19. The molecule has 6 heteroatoms. The first-order chi connectivity index (χ1) is 11.6. The summed E-state index contributed by atoms with van der Waals surface area (Å²) in [7, 11) is 1.56. The average Bonchev–Trinajstić information content (AvgIpc) is 2.58. The van der Waals surface area contributed by atoms with Crippen molar-refractivity contribution >= 4 is 17.9 Å². The van der Waals surface area contributed by atoms with E-state index in [0.29, 0.717) is 37.6 Å². The molecule has 0 unspecified atom stereocenters. The fourth-order valence-electron chi connectivity index (χ4n) is 2.43. The van der Waals surface area contributed by atoms with Crippen LogP contribution in [0.1, 0.15) is 17.5 Å². The van der Waals surface area contributed by atoms with Gasteiger partial charge in [-0.05, 0) is 48.8 Å². The molecule has 0 aliphatic carbocycles. The zero-order valence-electron chi connectivity index (χ0n) is 14.0. The molecule has 1 aromatic carbocycles. The molecule has 0 aromatic heterocycles. The Hall–Kier alpha value is -2.60. The zero-order valence-corrected chi connectivity index (χ0v) is 14.0. The maximum atomic E-state index is 12.1. The second-order valence-electron chi connectivity index (χ2n) is 5.36. The molecule has 0 spiro atoms. The van der Waals surface area contributed by atoms with Crippen molar-refractivity contribution in [1.29, 1.82) is 0 Å². The molecule has 0 fully saturated rings. The van der Waals surface area contributed by atoms with E-state index in [9.17, 15) is 9.59 Å². The molecule has 2 N–H and O–H groups in total. The van der Waals surface area contributed by atoms with Crippen LogP contribution in [0.3, 0.4) is 0 Å². The Morgan fingerprint density at radius 2 is 2.21 bits per heavy atom. The molecule has 1 aliphatic heterocycles. The van der Waals surface area contributed by atoms with Crippen molar-refractivity contribution in [2.24, 2.45) is 5.73 Å². The molecular formula is C18H22N2O4. The lowest BCUT2D eigenvalue weighted by Crippen LogP contribution is -2.37. The summed E-state index contributed by atoms with van der Waals surface area (Å²) in [5.74, 6) is 0.606. The van der Waals surface area contributed by atoms with E-state index in [4.69, 9.17) is 15.2 Å². The van der Waals surface area contributed by atoms with Crippen molar-refractivity contribution in [1.82, 2.24) is 4.90 Å². The highest BCUT2D eigenvalue weighted by atomic mass is 16.5. The molecule has 2 amide bonds. The second-order valence-corrected chi connectivity index (χ2v) is 5.36. The summed E-state index contributed by atoms with van der Waals surface area (Å²) in [6, 6.07) is 3.66. The van der Waals surface area contributed by atoms with Gasteiger partial charge in [0.15, 0.2) is 11.5 Å². The summed E-state index contributed by atoms with van der Waals surface area (Å²) < 4.78 is 10.9. The van der Waals surface area contributed by atoms with E-state index in [1.807, 2.05) is 13.0 Å². The first kappa shape index (κ1) is 17.7. The van der Waals surface area contributed by atoms with Crippen molar-refractivity contribution in [3.8, 4) is 11.5 Å². The number of imide groups is 1. The summed E-state index contributed by atoms with van der Waals surface area (Å²) in [5, 5.41) is 0. The number of aryl methyl sites for hydroxylation is 1. The first-order valence-electron chi connectivity index (χ1n) is 7.78. The number of hydrogen-bond acceptors (Lipinski definition) is 5. The van der Waals surface area contributed by atoms with Gasteiger partial charge in [-0.1, -0.05) is 6.08 Å². The zero-order chi connectivity index (χ0) is 17.5. The average molecular weight is 330 g/mol. The maximum Gasteiger partial charge on any atom is 0.253 e. The Kier molecular flexibility index (Phi) is 6.14.